The maximum absolute atomic E-state index is 12.5. The maximum Gasteiger partial charge on any atom is 0.328 e. The van der Waals surface area contributed by atoms with Crippen molar-refractivity contribution in [3.63, 3.8) is 0 Å². The summed E-state index contributed by atoms with van der Waals surface area (Å²) >= 11 is 1.62. The fraction of sp³-hybridized carbons (Fsp3) is 0.474. The first-order valence-corrected chi connectivity index (χ1v) is 10.2. The molecule has 2 aliphatic rings. The maximum atomic E-state index is 12.5. The molecule has 3 rings (SSSR count). The van der Waals surface area contributed by atoms with E-state index in [2.05, 4.69) is 11.9 Å². The lowest BCUT2D eigenvalue weighted by atomic mass is 10.2. The van der Waals surface area contributed by atoms with Crippen LogP contribution in [-0.4, -0.2) is 60.8 Å². The Labute approximate surface area is 163 Å². The number of nitrogens with zero attached hydrogens (tertiary/aromatic N) is 1. The number of nitrogens with one attached hydrogen (secondary N) is 1. The van der Waals surface area contributed by atoms with E-state index in [1.807, 2.05) is 29.4 Å². The molecule has 0 aliphatic carbocycles. The van der Waals surface area contributed by atoms with Crippen LogP contribution in [0, 0.1) is 0 Å². The predicted octanol–water partition coefficient (Wildman–Crippen LogP) is 1.57. The zero-order valence-corrected chi connectivity index (χ0v) is 16.1. The summed E-state index contributed by atoms with van der Waals surface area (Å²) in [5, 5.41) is 2.83. The number of ether oxygens (including phenoxy) is 3. The van der Waals surface area contributed by atoms with Crippen molar-refractivity contribution in [3.8, 4) is 11.5 Å². The molecule has 146 valence electrons. The molecule has 2 heterocycles. The molecule has 7 nitrogen and oxygen atoms in total. The van der Waals surface area contributed by atoms with Gasteiger partial charge in [0.1, 0.15) is 18.7 Å². The molecule has 8 heteroatoms. The lowest BCUT2D eigenvalue weighted by Gasteiger charge is -2.17. The first kappa shape index (κ1) is 19.6. The summed E-state index contributed by atoms with van der Waals surface area (Å²) < 4.78 is 15.8. The van der Waals surface area contributed by atoms with Crippen molar-refractivity contribution < 1.29 is 23.8 Å². The highest BCUT2D eigenvalue weighted by atomic mass is 32.2. The van der Waals surface area contributed by atoms with Crippen LogP contribution in [0.3, 0.4) is 0 Å². The Morgan fingerprint density at radius 2 is 2.26 bits per heavy atom. The number of carbonyl (C=O) groups excluding carboxylic acids is 2. The highest BCUT2D eigenvalue weighted by Gasteiger charge is 2.41. The van der Waals surface area contributed by atoms with Gasteiger partial charge in [-0.25, -0.2) is 4.79 Å². The summed E-state index contributed by atoms with van der Waals surface area (Å²) in [6, 6.07) is 4.93. The van der Waals surface area contributed by atoms with E-state index in [-0.39, 0.29) is 25.3 Å². The second-order valence-electron chi connectivity index (χ2n) is 6.39. The van der Waals surface area contributed by atoms with Crippen LogP contribution in [0.5, 0.6) is 11.5 Å². The SMILES string of the molecule is C=CCOC(=O)C(CCSC)NC(=O)C1CN1Cc1ccc2c(c1)OCO2. The van der Waals surface area contributed by atoms with Gasteiger partial charge in [0.15, 0.2) is 11.5 Å². The van der Waals surface area contributed by atoms with Crippen LogP contribution >= 0.6 is 11.8 Å². The summed E-state index contributed by atoms with van der Waals surface area (Å²) in [4.78, 5) is 26.7. The number of thioether (sulfide) groups is 1. The molecule has 1 aromatic rings. The first-order chi connectivity index (χ1) is 13.1. The summed E-state index contributed by atoms with van der Waals surface area (Å²) in [5.74, 6) is 1.68. The summed E-state index contributed by atoms with van der Waals surface area (Å²) in [5.41, 5.74) is 1.05. The highest BCUT2D eigenvalue weighted by molar-refractivity contribution is 7.98. The number of amides is 1. The van der Waals surface area contributed by atoms with E-state index in [0.717, 1.165) is 22.8 Å². The molecular weight excluding hydrogens is 368 g/mol. The van der Waals surface area contributed by atoms with Crippen LogP contribution in [0.1, 0.15) is 12.0 Å². The molecule has 3 unspecified atom stereocenters. The molecule has 0 aromatic heterocycles. The molecule has 1 aromatic carbocycles. The zero-order chi connectivity index (χ0) is 19.2. The van der Waals surface area contributed by atoms with Crippen molar-refractivity contribution in [1.29, 1.82) is 0 Å². The first-order valence-electron chi connectivity index (χ1n) is 8.81. The van der Waals surface area contributed by atoms with Gasteiger partial charge in [-0.3, -0.25) is 9.69 Å². The summed E-state index contributed by atoms with van der Waals surface area (Å²) in [6.45, 7) is 5.23. The fourth-order valence-corrected chi connectivity index (χ4v) is 3.34. The van der Waals surface area contributed by atoms with Crippen LogP contribution in [0.4, 0.5) is 0 Å². The van der Waals surface area contributed by atoms with Crippen LogP contribution in [0.15, 0.2) is 30.9 Å². The minimum atomic E-state index is -0.627. The monoisotopic (exact) mass is 392 g/mol. The molecule has 0 spiro atoms. The Bertz CT molecular complexity index is 711. The molecule has 0 bridgehead atoms. The van der Waals surface area contributed by atoms with Gasteiger partial charge in [-0.1, -0.05) is 18.7 Å². The average Bonchev–Trinajstić information content (AvgIpc) is 3.27. The lowest BCUT2D eigenvalue weighted by Crippen LogP contribution is -2.44. The molecule has 0 saturated carbocycles. The minimum Gasteiger partial charge on any atom is -0.460 e. The Morgan fingerprint density at radius 1 is 1.44 bits per heavy atom. The van der Waals surface area contributed by atoms with Crippen molar-refractivity contribution in [1.82, 2.24) is 10.2 Å². The van der Waals surface area contributed by atoms with Crippen molar-refractivity contribution in [2.75, 3.05) is 32.0 Å². The number of hydrogen-bond acceptors (Lipinski definition) is 7. The van der Waals surface area contributed by atoms with Crippen molar-refractivity contribution in [2.45, 2.75) is 25.0 Å². The Morgan fingerprint density at radius 3 is 3.04 bits per heavy atom. The molecule has 1 fully saturated rings. The number of carbonyl (C=O) groups is 2. The van der Waals surface area contributed by atoms with Gasteiger partial charge in [0.2, 0.25) is 12.7 Å². The Balaban J connectivity index is 1.51. The average molecular weight is 392 g/mol. The van der Waals surface area contributed by atoms with Gasteiger partial charge in [-0.2, -0.15) is 11.8 Å². The molecule has 1 amide bonds. The Kier molecular flexibility index (Phi) is 6.63. The summed E-state index contributed by atoms with van der Waals surface area (Å²) in [6.07, 6.45) is 4.01. The smallest absolute Gasteiger partial charge is 0.328 e. The molecule has 1 N–H and O–H groups in total. The van der Waals surface area contributed by atoms with Crippen molar-refractivity contribution in [3.05, 3.63) is 36.4 Å². The molecule has 3 atom stereocenters. The van der Waals surface area contributed by atoms with Gasteiger partial charge in [0.05, 0.1) is 0 Å². The largest absolute Gasteiger partial charge is 0.460 e. The third-order valence-corrected chi connectivity index (χ3v) is 5.04. The van der Waals surface area contributed by atoms with Crippen LogP contribution < -0.4 is 14.8 Å². The van der Waals surface area contributed by atoms with E-state index in [0.29, 0.717) is 19.5 Å². The van der Waals surface area contributed by atoms with Crippen LogP contribution in [0.2, 0.25) is 0 Å². The third kappa shape index (κ3) is 5.17. The quantitative estimate of drug-likeness (QED) is 0.368. The molecular formula is C19H24N2O5S. The molecule has 1 saturated heterocycles. The van der Waals surface area contributed by atoms with Gasteiger partial charge in [0.25, 0.3) is 0 Å². The molecule has 27 heavy (non-hydrogen) atoms. The van der Waals surface area contributed by atoms with E-state index < -0.39 is 12.0 Å². The van der Waals surface area contributed by atoms with Gasteiger partial charge in [0, 0.05) is 13.1 Å². The molecule has 0 radical (unpaired) electrons. The standard InChI is InChI=1S/C19H24N2O5S/c1-3-7-24-19(23)14(6-8-27-2)20-18(22)15-11-21(15)10-13-4-5-16-17(9-13)26-12-25-16/h3-5,9,14-15H,1,6-8,10-12H2,2H3,(H,20,22). The number of rotatable bonds is 10. The van der Waals surface area contributed by atoms with Crippen molar-refractivity contribution >= 4 is 23.6 Å². The Hall–Kier alpha value is -2.19. The fourth-order valence-electron chi connectivity index (χ4n) is 2.87. The van der Waals surface area contributed by atoms with Crippen LogP contribution in [-0.2, 0) is 20.9 Å². The number of fused-ring (bicyclic) bond motifs is 1. The predicted molar refractivity (Wildman–Crippen MR) is 103 cm³/mol. The lowest BCUT2D eigenvalue weighted by molar-refractivity contribution is -0.146. The van der Waals surface area contributed by atoms with Gasteiger partial charge in [-0.15, -0.1) is 0 Å². The molecule has 2 aliphatic heterocycles. The third-order valence-electron chi connectivity index (χ3n) is 4.40. The highest BCUT2D eigenvalue weighted by Crippen LogP contribution is 2.33. The normalized spacial score (nSPS) is 20.6. The van der Waals surface area contributed by atoms with E-state index in [1.165, 1.54) is 6.08 Å². The summed E-state index contributed by atoms with van der Waals surface area (Å²) in [7, 11) is 0. The van der Waals surface area contributed by atoms with Gasteiger partial charge >= 0.3 is 5.97 Å². The number of benzene rings is 1. The van der Waals surface area contributed by atoms with E-state index in [9.17, 15) is 9.59 Å². The van der Waals surface area contributed by atoms with Gasteiger partial charge < -0.3 is 19.5 Å². The van der Waals surface area contributed by atoms with Crippen LogP contribution in [0.25, 0.3) is 0 Å². The van der Waals surface area contributed by atoms with E-state index in [4.69, 9.17) is 14.2 Å². The van der Waals surface area contributed by atoms with Crippen molar-refractivity contribution in [2.24, 2.45) is 0 Å². The zero-order valence-electron chi connectivity index (χ0n) is 15.3. The van der Waals surface area contributed by atoms with E-state index >= 15 is 0 Å². The number of hydrogen-bond donors (Lipinski definition) is 1. The topological polar surface area (TPSA) is 76.9 Å². The van der Waals surface area contributed by atoms with E-state index in [1.54, 1.807) is 11.8 Å². The van der Waals surface area contributed by atoms with Gasteiger partial charge in [-0.05, 0) is 36.1 Å². The second kappa shape index (κ2) is 9.14. The number of esters is 1. The second-order valence-corrected chi connectivity index (χ2v) is 7.38. The minimum absolute atomic E-state index is 0.141.